The van der Waals surface area contributed by atoms with Gasteiger partial charge in [0.05, 0.1) is 12.7 Å². The summed E-state index contributed by atoms with van der Waals surface area (Å²) in [7, 11) is 1.51. The molecule has 0 saturated heterocycles. The maximum absolute atomic E-state index is 12.6. The van der Waals surface area contributed by atoms with Gasteiger partial charge in [0.1, 0.15) is 5.82 Å². The van der Waals surface area contributed by atoms with E-state index in [1.54, 1.807) is 18.2 Å². The first-order valence-corrected chi connectivity index (χ1v) is 9.24. The summed E-state index contributed by atoms with van der Waals surface area (Å²) in [5.41, 5.74) is 6.82. The molecule has 0 aliphatic rings. The third kappa shape index (κ3) is 6.82. The molecular formula is C19H28N6O2. The number of nitrogens with one attached hydrogen (secondary N) is 2. The van der Waals surface area contributed by atoms with Gasteiger partial charge in [0.2, 0.25) is 5.88 Å². The first-order valence-electron chi connectivity index (χ1n) is 9.24. The predicted octanol–water partition coefficient (Wildman–Crippen LogP) is 2.76. The van der Waals surface area contributed by atoms with E-state index in [-0.39, 0.29) is 5.91 Å². The molecule has 0 spiro atoms. The molecule has 27 heavy (non-hydrogen) atoms. The third-order valence-electron chi connectivity index (χ3n) is 4.04. The van der Waals surface area contributed by atoms with Crippen molar-refractivity contribution in [3.63, 3.8) is 0 Å². The molecule has 146 valence electrons. The van der Waals surface area contributed by atoms with Crippen LogP contribution in [0.1, 0.15) is 48.2 Å². The number of amides is 1. The number of nitrogens with two attached hydrogens (primary N) is 1. The van der Waals surface area contributed by atoms with Gasteiger partial charge in [-0.25, -0.2) is 4.98 Å². The topological polar surface area (TPSA) is 115 Å². The molecule has 2 heterocycles. The number of hydrogen-bond acceptors (Lipinski definition) is 7. The lowest BCUT2D eigenvalue weighted by Gasteiger charge is -2.12. The van der Waals surface area contributed by atoms with Crippen molar-refractivity contribution in [2.75, 3.05) is 30.8 Å². The maximum atomic E-state index is 12.6. The molecule has 0 aliphatic carbocycles. The number of carbonyl (C=O) groups is 1. The summed E-state index contributed by atoms with van der Waals surface area (Å²) in [6.07, 6.45) is 5.55. The Morgan fingerprint density at radius 2 is 1.85 bits per heavy atom. The molecule has 8 heteroatoms. The van der Waals surface area contributed by atoms with Crippen molar-refractivity contribution in [2.45, 2.75) is 39.0 Å². The SMILES string of the molecule is COc1ccc(NC(=O)c2ccc(C)nc2NCCCCCCCN)nn1. The van der Waals surface area contributed by atoms with Crippen molar-refractivity contribution in [1.29, 1.82) is 0 Å². The second-order valence-electron chi connectivity index (χ2n) is 6.25. The summed E-state index contributed by atoms with van der Waals surface area (Å²) in [6.45, 7) is 3.42. The highest BCUT2D eigenvalue weighted by Crippen LogP contribution is 2.16. The van der Waals surface area contributed by atoms with Crippen molar-refractivity contribution in [3.05, 3.63) is 35.5 Å². The van der Waals surface area contributed by atoms with E-state index >= 15 is 0 Å². The molecular weight excluding hydrogens is 344 g/mol. The van der Waals surface area contributed by atoms with Crippen LogP contribution in [0.3, 0.4) is 0 Å². The van der Waals surface area contributed by atoms with Gasteiger partial charge < -0.3 is 21.1 Å². The lowest BCUT2D eigenvalue weighted by atomic mass is 10.1. The number of anilines is 2. The van der Waals surface area contributed by atoms with Gasteiger partial charge >= 0.3 is 0 Å². The fraction of sp³-hybridized carbons (Fsp3) is 0.474. The van der Waals surface area contributed by atoms with E-state index in [4.69, 9.17) is 10.5 Å². The zero-order chi connectivity index (χ0) is 19.5. The lowest BCUT2D eigenvalue weighted by molar-refractivity contribution is 0.102. The molecule has 0 fully saturated rings. The van der Waals surface area contributed by atoms with Gasteiger partial charge in [-0.2, -0.15) is 0 Å². The first kappa shape index (κ1) is 20.6. The normalized spacial score (nSPS) is 10.5. The van der Waals surface area contributed by atoms with Crippen LogP contribution in [0.25, 0.3) is 0 Å². The zero-order valence-electron chi connectivity index (χ0n) is 16.0. The van der Waals surface area contributed by atoms with Crippen LogP contribution >= 0.6 is 0 Å². The molecule has 0 bridgehead atoms. The van der Waals surface area contributed by atoms with Crippen molar-refractivity contribution in [2.24, 2.45) is 5.73 Å². The number of unbranched alkanes of at least 4 members (excludes halogenated alkanes) is 4. The van der Waals surface area contributed by atoms with E-state index in [0.29, 0.717) is 23.1 Å². The van der Waals surface area contributed by atoms with Gasteiger partial charge in [0.15, 0.2) is 5.82 Å². The van der Waals surface area contributed by atoms with Gasteiger partial charge in [-0.1, -0.05) is 19.3 Å². The standard InChI is InChI=1S/C19H28N6O2/c1-14-8-9-15(18(22-14)21-13-7-5-3-4-6-12-20)19(26)23-16-10-11-17(27-2)25-24-16/h8-11H,3-7,12-13,20H2,1-2H3,(H,21,22)(H,23,24,26). The fourth-order valence-corrected chi connectivity index (χ4v) is 2.56. The monoisotopic (exact) mass is 372 g/mol. The molecule has 2 aromatic heterocycles. The second-order valence-corrected chi connectivity index (χ2v) is 6.25. The predicted molar refractivity (Wildman–Crippen MR) is 106 cm³/mol. The highest BCUT2D eigenvalue weighted by molar-refractivity contribution is 6.07. The minimum absolute atomic E-state index is 0.285. The molecule has 0 atom stereocenters. The van der Waals surface area contributed by atoms with Gasteiger partial charge in [0, 0.05) is 18.3 Å². The lowest BCUT2D eigenvalue weighted by Crippen LogP contribution is -2.17. The van der Waals surface area contributed by atoms with E-state index in [1.807, 2.05) is 13.0 Å². The number of rotatable bonds is 11. The Hall–Kier alpha value is -2.74. The second kappa shape index (κ2) is 11.1. The molecule has 1 amide bonds. The van der Waals surface area contributed by atoms with E-state index in [9.17, 15) is 4.79 Å². The highest BCUT2D eigenvalue weighted by Gasteiger charge is 2.14. The molecule has 8 nitrogen and oxygen atoms in total. The molecule has 0 saturated carbocycles. The summed E-state index contributed by atoms with van der Waals surface area (Å²) in [6, 6.07) is 6.85. The van der Waals surface area contributed by atoms with Crippen molar-refractivity contribution in [3.8, 4) is 5.88 Å². The van der Waals surface area contributed by atoms with Gasteiger partial charge in [-0.15, -0.1) is 10.2 Å². The summed E-state index contributed by atoms with van der Waals surface area (Å²) in [5.74, 6) is 1.04. The number of aryl methyl sites for hydroxylation is 1. The third-order valence-corrected chi connectivity index (χ3v) is 4.04. The smallest absolute Gasteiger partial charge is 0.260 e. The van der Waals surface area contributed by atoms with E-state index < -0.39 is 0 Å². The van der Waals surface area contributed by atoms with E-state index in [1.165, 1.54) is 13.5 Å². The average molecular weight is 372 g/mol. The number of ether oxygens (including phenoxy) is 1. The maximum Gasteiger partial charge on any atom is 0.260 e. The summed E-state index contributed by atoms with van der Waals surface area (Å²) in [4.78, 5) is 17.1. The number of hydrogen-bond donors (Lipinski definition) is 3. The fourth-order valence-electron chi connectivity index (χ4n) is 2.56. The van der Waals surface area contributed by atoms with Gasteiger partial charge in [-0.05, 0) is 44.5 Å². The van der Waals surface area contributed by atoms with Crippen LogP contribution in [-0.4, -0.2) is 41.3 Å². The summed E-state index contributed by atoms with van der Waals surface area (Å²) in [5, 5.41) is 13.8. The molecule has 0 aliphatic heterocycles. The van der Waals surface area contributed by atoms with Crippen molar-refractivity contribution < 1.29 is 9.53 Å². The molecule has 2 rings (SSSR count). The summed E-state index contributed by atoms with van der Waals surface area (Å²) >= 11 is 0. The van der Waals surface area contributed by atoms with Gasteiger partial charge in [-0.3, -0.25) is 4.79 Å². The first-order chi connectivity index (χ1) is 13.1. The molecule has 0 aromatic carbocycles. The Labute approximate surface area is 159 Å². The molecule has 2 aromatic rings. The van der Waals surface area contributed by atoms with Crippen LogP contribution in [0.4, 0.5) is 11.6 Å². The number of aromatic nitrogens is 3. The quantitative estimate of drug-likeness (QED) is 0.519. The van der Waals surface area contributed by atoms with E-state index in [0.717, 1.165) is 44.5 Å². The number of carbonyl (C=O) groups excluding carboxylic acids is 1. The van der Waals surface area contributed by atoms with E-state index in [2.05, 4.69) is 25.8 Å². The Kier molecular flexibility index (Phi) is 8.44. The Morgan fingerprint density at radius 1 is 1.07 bits per heavy atom. The Balaban J connectivity index is 1.93. The van der Waals surface area contributed by atoms with Crippen LogP contribution in [0.15, 0.2) is 24.3 Å². The van der Waals surface area contributed by atoms with Crippen LogP contribution in [0.5, 0.6) is 5.88 Å². The highest BCUT2D eigenvalue weighted by atomic mass is 16.5. The Bertz CT molecular complexity index is 721. The van der Waals surface area contributed by atoms with Crippen molar-refractivity contribution >= 4 is 17.5 Å². The molecule has 0 radical (unpaired) electrons. The van der Waals surface area contributed by atoms with Crippen LogP contribution in [-0.2, 0) is 0 Å². The number of methoxy groups -OCH3 is 1. The van der Waals surface area contributed by atoms with Gasteiger partial charge in [0.25, 0.3) is 5.91 Å². The minimum Gasteiger partial charge on any atom is -0.480 e. The minimum atomic E-state index is -0.285. The van der Waals surface area contributed by atoms with Crippen LogP contribution in [0, 0.1) is 6.92 Å². The number of nitrogens with zero attached hydrogens (tertiary/aromatic N) is 3. The molecule has 4 N–H and O–H groups in total. The largest absolute Gasteiger partial charge is 0.480 e. The molecule has 0 unspecified atom stereocenters. The van der Waals surface area contributed by atoms with Crippen LogP contribution < -0.4 is 21.1 Å². The van der Waals surface area contributed by atoms with Crippen molar-refractivity contribution in [1.82, 2.24) is 15.2 Å². The zero-order valence-corrected chi connectivity index (χ0v) is 16.0. The average Bonchev–Trinajstić information content (AvgIpc) is 2.68. The van der Waals surface area contributed by atoms with Crippen LogP contribution in [0.2, 0.25) is 0 Å². The number of pyridine rings is 1. The Morgan fingerprint density at radius 3 is 2.56 bits per heavy atom. The summed E-state index contributed by atoms with van der Waals surface area (Å²) < 4.78 is 4.96.